The van der Waals surface area contributed by atoms with E-state index in [1.54, 1.807) is 7.11 Å². The second-order valence-electron chi connectivity index (χ2n) is 4.87. The van der Waals surface area contributed by atoms with Crippen LogP contribution in [0.15, 0.2) is 22.7 Å². The van der Waals surface area contributed by atoms with Crippen LogP contribution in [-0.4, -0.2) is 33.4 Å². The van der Waals surface area contributed by atoms with Crippen molar-refractivity contribution in [3.05, 3.63) is 28.2 Å². The van der Waals surface area contributed by atoms with Crippen molar-refractivity contribution in [2.45, 2.75) is 32.9 Å². The van der Waals surface area contributed by atoms with Gasteiger partial charge in [-0.3, -0.25) is 0 Å². The lowest BCUT2D eigenvalue weighted by atomic mass is 10.1. The summed E-state index contributed by atoms with van der Waals surface area (Å²) in [7, 11) is 3.86. The standard InChI is InChI=1S/C15H25BrN2O/c1-5-8-17-10-13-6-7-14(16)9-15(13)18(3)12(2)11-19-4/h6-7,9,12,17H,5,8,10-11H2,1-4H3. The van der Waals surface area contributed by atoms with Crippen molar-refractivity contribution in [3.8, 4) is 0 Å². The van der Waals surface area contributed by atoms with Gasteiger partial charge in [-0.15, -0.1) is 0 Å². The Balaban J connectivity index is 2.86. The van der Waals surface area contributed by atoms with E-state index >= 15 is 0 Å². The van der Waals surface area contributed by atoms with E-state index < -0.39 is 0 Å². The van der Waals surface area contributed by atoms with Crippen molar-refractivity contribution in [2.75, 3.05) is 32.2 Å². The molecule has 1 aromatic rings. The number of anilines is 1. The van der Waals surface area contributed by atoms with Gasteiger partial charge in [-0.05, 0) is 37.6 Å². The Morgan fingerprint density at radius 1 is 1.42 bits per heavy atom. The average Bonchev–Trinajstić information content (AvgIpc) is 2.40. The molecule has 1 rings (SSSR count). The second kappa shape index (κ2) is 8.56. The maximum atomic E-state index is 5.25. The molecule has 0 aliphatic carbocycles. The predicted molar refractivity (Wildman–Crippen MR) is 85.9 cm³/mol. The molecule has 1 N–H and O–H groups in total. The third kappa shape index (κ3) is 5.13. The molecule has 0 fully saturated rings. The largest absolute Gasteiger partial charge is 0.383 e. The van der Waals surface area contributed by atoms with Crippen molar-refractivity contribution in [2.24, 2.45) is 0 Å². The molecule has 4 heteroatoms. The first-order valence-corrected chi connectivity index (χ1v) is 7.60. The quantitative estimate of drug-likeness (QED) is 0.740. The number of hydrogen-bond acceptors (Lipinski definition) is 3. The molecule has 1 unspecified atom stereocenters. The van der Waals surface area contributed by atoms with Crippen LogP contribution in [0.25, 0.3) is 0 Å². The minimum Gasteiger partial charge on any atom is -0.383 e. The summed E-state index contributed by atoms with van der Waals surface area (Å²) in [5.74, 6) is 0. The van der Waals surface area contributed by atoms with Crippen LogP contribution < -0.4 is 10.2 Å². The molecule has 0 spiro atoms. The van der Waals surface area contributed by atoms with E-state index in [0.29, 0.717) is 6.04 Å². The fourth-order valence-electron chi connectivity index (χ4n) is 2.01. The normalized spacial score (nSPS) is 12.5. The molecule has 0 saturated carbocycles. The van der Waals surface area contributed by atoms with Gasteiger partial charge >= 0.3 is 0 Å². The zero-order chi connectivity index (χ0) is 14.3. The van der Waals surface area contributed by atoms with E-state index in [0.717, 1.165) is 30.6 Å². The molecule has 108 valence electrons. The van der Waals surface area contributed by atoms with Crippen LogP contribution >= 0.6 is 15.9 Å². The van der Waals surface area contributed by atoms with E-state index in [9.17, 15) is 0 Å². The first-order chi connectivity index (χ1) is 9.10. The number of methoxy groups -OCH3 is 1. The van der Waals surface area contributed by atoms with E-state index in [1.807, 2.05) is 0 Å². The summed E-state index contributed by atoms with van der Waals surface area (Å²) in [6.07, 6.45) is 1.15. The lowest BCUT2D eigenvalue weighted by Gasteiger charge is -2.29. The number of nitrogens with zero attached hydrogens (tertiary/aromatic N) is 1. The number of rotatable bonds is 8. The molecule has 0 aliphatic heterocycles. The molecule has 0 aliphatic rings. The lowest BCUT2D eigenvalue weighted by molar-refractivity contribution is 0.183. The maximum absolute atomic E-state index is 5.25. The predicted octanol–water partition coefficient (Wildman–Crippen LogP) is 3.42. The Morgan fingerprint density at radius 2 is 2.16 bits per heavy atom. The van der Waals surface area contributed by atoms with Crippen molar-refractivity contribution in [3.63, 3.8) is 0 Å². The van der Waals surface area contributed by atoms with E-state index in [-0.39, 0.29) is 0 Å². The van der Waals surface area contributed by atoms with Crippen molar-refractivity contribution >= 4 is 21.6 Å². The monoisotopic (exact) mass is 328 g/mol. The molecule has 0 bridgehead atoms. The Labute approximate surface area is 125 Å². The summed E-state index contributed by atoms with van der Waals surface area (Å²) in [5, 5.41) is 3.46. The highest BCUT2D eigenvalue weighted by atomic mass is 79.9. The summed E-state index contributed by atoms with van der Waals surface area (Å²) in [6, 6.07) is 6.80. The van der Waals surface area contributed by atoms with Crippen LogP contribution in [-0.2, 0) is 11.3 Å². The van der Waals surface area contributed by atoms with Crippen molar-refractivity contribution < 1.29 is 4.74 Å². The van der Waals surface area contributed by atoms with Gasteiger partial charge < -0.3 is 15.0 Å². The molecule has 0 heterocycles. The van der Waals surface area contributed by atoms with Crippen LogP contribution in [0.5, 0.6) is 0 Å². The number of benzene rings is 1. The van der Waals surface area contributed by atoms with E-state index in [4.69, 9.17) is 4.74 Å². The van der Waals surface area contributed by atoms with Gasteiger partial charge in [-0.2, -0.15) is 0 Å². The third-order valence-corrected chi connectivity index (χ3v) is 3.73. The number of ether oxygens (including phenoxy) is 1. The highest BCUT2D eigenvalue weighted by Gasteiger charge is 2.13. The van der Waals surface area contributed by atoms with Gasteiger partial charge in [0.1, 0.15) is 0 Å². The highest BCUT2D eigenvalue weighted by molar-refractivity contribution is 9.10. The third-order valence-electron chi connectivity index (χ3n) is 3.24. The van der Waals surface area contributed by atoms with Gasteiger partial charge in [0, 0.05) is 36.9 Å². The fourth-order valence-corrected chi connectivity index (χ4v) is 2.35. The Morgan fingerprint density at radius 3 is 2.79 bits per heavy atom. The number of likely N-dealkylation sites (N-methyl/N-ethyl adjacent to an activating group) is 1. The second-order valence-corrected chi connectivity index (χ2v) is 5.78. The summed E-state index contributed by atoms with van der Waals surface area (Å²) in [6.45, 7) is 7.04. The van der Waals surface area contributed by atoms with E-state index in [1.165, 1.54) is 11.3 Å². The first kappa shape index (κ1) is 16.5. The minimum atomic E-state index is 0.351. The molecule has 1 aromatic carbocycles. The van der Waals surface area contributed by atoms with Gasteiger partial charge in [0.05, 0.1) is 6.61 Å². The smallest absolute Gasteiger partial charge is 0.0663 e. The average molecular weight is 329 g/mol. The van der Waals surface area contributed by atoms with E-state index in [2.05, 4.69) is 65.2 Å². The summed E-state index contributed by atoms with van der Waals surface area (Å²) in [4.78, 5) is 2.28. The van der Waals surface area contributed by atoms with Gasteiger partial charge in [0.15, 0.2) is 0 Å². The van der Waals surface area contributed by atoms with Gasteiger partial charge in [0.2, 0.25) is 0 Å². The summed E-state index contributed by atoms with van der Waals surface area (Å²) >= 11 is 3.56. The van der Waals surface area contributed by atoms with Crippen molar-refractivity contribution in [1.82, 2.24) is 5.32 Å². The Bertz CT molecular complexity index is 384. The summed E-state index contributed by atoms with van der Waals surface area (Å²) in [5.41, 5.74) is 2.57. The van der Waals surface area contributed by atoms with Crippen LogP contribution in [0.4, 0.5) is 5.69 Å². The molecule has 0 aromatic heterocycles. The molecule has 1 atom stereocenters. The van der Waals surface area contributed by atoms with Crippen LogP contribution in [0.3, 0.4) is 0 Å². The maximum Gasteiger partial charge on any atom is 0.0663 e. The lowest BCUT2D eigenvalue weighted by Crippen LogP contribution is -2.33. The molecule has 3 nitrogen and oxygen atoms in total. The zero-order valence-corrected chi connectivity index (χ0v) is 14.0. The summed E-state index contributed by atoms with van der Waals surface area (Å²) < 4.78 is 6.36. The molecular weight excluding hydrogens is 304 g/mol. The number of hydrogen-bond donors (Lipinski definition) is 1. The van der Waals surface area contributed by atoms with Crippen LogP contribution in [0.2, 0.25) is 0 Å². The molecule has 0 amide bonds. The zero-order valence-electron chi connectivity index (χ0n) is 12.4. The highest BCUT2D eigenvalue weighted by Crippen LogP contribution is 2.26. The molecular formula is C15H25BrN2O. The van der Waals surface area contributed by atoms with Gasteiger partial charge in [0.25, 0.3) is 0 Å². The molecule has 0 saturated heterocycles. The van der Waals surface area contributed by atoms with Gasteiger partial charge in [-0.1, -0.05) is 28.9 Å². The topological polar surface area (TPSA) is 24.5 Å². The van der Waals surface area contributed by atoms with Gasteiger partial charge in [-0.25, -0.2) is 0 Å². The van der Waals surface area contributed by atoms with Crippen LogP contribution in [0, 0.1) is 0 Å². The number of nitrogens with one attached hydrogen (secondary N) is 1. The SMILES string of the molecule is CCCNCc1ccc(Br)cc1N(C)C(C)COC. The molecule has 0 radical (unpaired) electrons. The Kier molecular flexibility index (Phi) is 7.42. The molecule has 19 heavy (non-hydrogen) atoms. The van der Waals surface area contributed by atoms with Crippen LogP contribution in [0.1, 0.15) is 25.8 Å². The minimum absolute atomic E-state index is 0.351. The van der Waals surface area contributed by atoms with Crippen molar-refractivity contribution in [1.29, 1.82) is 0 Å². The first-order valence-electron chi connectivity index (χ1n) is 6.81. The number of halogens is 1. The Hall–Kier alpha value is -0.580. The fraction of sp³-hybridized carbons (Fsp3) is 0.600.